The number of aryl methyl sites for hydroxylation is 2. The molecule has 1 fully saturated rings. The Labute approximate surface area is 202 Å². The van der Waals surface area contributed by atoms with Crippen LogP contribution in [0.2, 0.25) is 0 Å². The van der Waals surface area contributed by atoms with Gasteiger partial charge in [-0.15, -0.1) is 0 Å². The Balaban J connectivity index is 1.58. The fourth-order valence-electron chi connectivity index (χ4n) is 4.11. The summed E-state index contributed by atoms with van der Waals surface area (Å²) >= 11 is 1.16. The van der Waals surface area contributed by atoms with Crippen molar-refractivity contribution in [3.63, 3.8) is 0 Å². The predicted molar refractivity (Wildman–Crippen MR) is 131 cm³/mol. The summed E-state index contributed by atoms with van der Waals surface area (Å²) < 4.78 is 5.80. The highest BCUT2D eigenvalue weighted by molar-refractivity contribution is 8.00. The topological polar surface area (TPSA) is 121 Å². The van der Waals surface area contributed by atoms with Crippen molar-refractivity contribution in [2.45, 2.75) is 68.8 Å². The molecule has 34 heavy (non-hydrogen) atoms. The predicted octanol–water partition coefficient (Wildman–Crippen LogP) is 4.92. The summed E-state index contributed by atoms with van der Waals surface area (Å²) in [6.45, 7) is 5.47. The third kappa shape index (κ3) is 4.92. The van der Waals surface area contributed by atoms with Crippen LogP contribution in [0.4, 0.5) is 5.82 Å². The van der Waals surface area contributed by atoms with Gasteiger partial charge in [0.25, 0.3) is 5.91 Å². The molecule has 0 bridgehead atoms. The summed E-state index contributed by atoms with van der Waals surface area (Å²) in [5.41, 5.74) is 0.889. The number of hydrogen-bond donors (Lipinski definition) is 2. The number of furan rings is 1. The van der Waals surface area contributed by atoms with Crippen LogP contribution in [-0.2, 0) is 4.79 Å². The molecular formula is C25H27N5O3S. The van der Waals surface area contributed by atoms with E-state index in [0.717, 1.165) is 36.6 Å². The molecule has 2 N–H and O–H groups in total. The standard InChI is InChI=1S/C25H27N5O3S/c1-15-16(2)33-23-19(15)20(27-22(32)18-10-6-4-7-11-18)28-24(29-23)34-17(3)21(31)30-25(14-26)12-8-5-9-13-25/h4,6-7,10-11,17H,5,8-9,12-13H2,1-3H3,(H,30,31)(H,27,28,29,32). The normalized spacial score (nSPS) is 15.9. The van der Waals surface area contributed by atoms with Crippen LogP contribution in [0.1, 0.15) is 60.7 Å². The molecule has 2 aromatic heterocycles. The molecule has 2 heterocycles. The highest BCUT2D eigenvalue weighted by Gasteiger charge is 2.35. The van der Waals surface area contributed by atoms with Crippen molar-refractivity contribution in [3.05, 3.63) is 47.2 Å². The van der Waals surface area contributed by atoms with Crippen molar-refractivity contribution in [1.82, 2.24) is 15.3 Å². The molecule has 1 aliphatic carbocycles. The van der Waals surface area contributed by atoms with E-state index in [9.17, 15) is 14.9 Å². The van der Waals surface area contributed by atoms with Gasteiger partial charge in [0.1, 0.15) is 17.1 Å². The van der Waals surface area contributed by atoms with Crippen molar-refractivity contribution < 1.29 is 14.0 Å². The summed E-state index contributed by atoms with van der Waals surface area (Å²) in [5.74, 6) is 0.484. The lowest BCUT2D eigenvalue weighted by atomic mass is 9.83. The summed E-state index contributed by atoms with van der Waals surface area (Å²) in [4.78, 5) is 34.8. The second kappa shape index (κ2) is 9.85. The number of carbonyl (C=O) groups excluding carboxylic acids is 2. The molecule has 176 valence electrons. The molecule has 1 unspecified atom stereocenters. The van der Waals surface area contributed by atoms with Crippen molar-refractivity contribution in [1.29, 1.82) is 5.26 Å². The van der Waals surface area contributed by atoms with Crippen LogP contribution in [0.5, 0.6) is 0 Å². The van der Waals surface area contributed by atoms with E-state index in [1.54, 1.807) is 31.2 Å². The molecular weight excluding hydrogens is 450 g/mol. The van der Waals surface area contributed by atoms with E-state index in [-0.39, 0.29) is 11.8 Å². The van der Waals surface area contributed by atoms with Gasteiger partial charge in [0, 0.05) is 11.1 Å². The number of aromatic nitrogens is 2. The lowest BCUT2D eigenvalue weighted by Crippen LogP contribution is -2.50. The van der Waals surface area contributed by atoms with E-state index >= 15 is 0 Å². The molecule has 0 spiro atoms. The minimum absolute atomic E-state index is 0.237. The number of carbonyl (C=O) groups is 2. The molecule has 1 atom stereocenters. The summed E-state index contributed by atoms with van der Waals surface area (Å²) in [5, 5.41) is 15.9. The lowest BCUT2D eigenvalue weighted by molar-refractivity contribution is -0.122. The molecule has 9 heteroatoms. The van der Waals surface area contributed by atoms with Gasteiger partial charge in [-0.1, -0.05) is 49.2 Å². The summed E-state index contributed by atoms with van der Waals surface area (Å²) in [6, 6.07) is 11.2. The smallest absolute Gasteiger partial charge is 0.256 e. The number of hydrogen-bond acceptors (Lipinski definition) is 7. The molecule has 0 aliphatic heterocycles. The largest absolute Gasteiger partial charge is 0.443 e. The maximum Gasteiger partial charge on any atom is 0.256 e. The zero-order valence-electron chi connectivity index (χ0n) is 19.5. The molecule has 2 amide bonds. The first kappa shape index (κ1) is 23.8. The Morgan fingerprint density at radius 3 is 2.53 bits per heavy atom. The number of nitriles is 1. The van der Waals surface area contributed by atoms with Gasteiger partial charge in [-0.2, -0.15) is 10.2 Å². The highest BCUT2D eigenvalue weighted by atomic mass is 32.2. The molecule has 8 nitrogen and oxygen atoms in total. The van der Waals surface area contributed by atoms with Crippen molar-refractivity contribution >= 4 is 40.5 Å². The maximum atomic E-state index is 12.9. The first-order valence-electron chi connectivity index (χ1n) is 11.4. The van der Waals surface area contributed by atoms with Crippen LogP contribution in [0.25, 0.3) is 11.1 Å². The molecule has 1 aromatic carbocycles. The number of thioether (sulfide) groups is 1. The van der Waals surface area contributed by atoms with Crippen LogP contribution in [0.15, 0.2) is 39.9 Å². The van der Waals surface area contributed by atoms with Crippen LogP contribution < -0.4 is 10.6 Å². The molecule has 0 radical (unpaired) electrons. The molecule has 3 aromatic rings. The van der Waals surface area contributed by atoms with Crippen molar-refractivity contribution in [2.24, 2.45) is 0 Å². The Kier molecular flexibility index (Phi) is 6.89. The number of nitrogens with one attached hydrogen (secondary N) is 2. The number of benzene rings is 1. The highest BCUT2D eigenvalue weighted by Crippen LogP contribution is 2.33. The average molecular weight is 478 g/mol. The third-order valence-electron chi connectivity index (χ3n) is 6.21. The van der Waals surface area contributed by atoms with Crippen LogP contribution in [-0.4, -0.2) is 32.6 Å². The second-order valence-corrected chi connectivity index (χ2v) is 9.95. The number of anilines is 1. The van der Waals surface area contributed by atoms with Crippen LogP contribution in [0.3, 0.4) is 0 Å². The number of nitrogens with zero attached hydrogens (tertiary/aromatic N) is 3. The van der Waals surface area contributed by atoms with E-state index in [1.807, 2.05) is 19.9 Å². The van der Waals surface area contributed by atoms with Gasteiger partial charge in [0.2, 0.25) is 11.6 Å². The lowest BCUT2D eigenvalue weighted by Gasteiger charge is -2.32. The number of rotatable bonds is 6. The maximum absolute atomic E-state index is 12.9. The zero-order chi connectivity index (χ0) is 24.3. The van der Waals surface area contributed by atoms with Gasteiger partial charge < -0.3 is 15.1 Å². The van der Waals surface area contributed by atoms with E-state index < -0.39 is 10.8 Å². The first-order chi connectivity index (χ1) is 16.3. The minimum Gasteiger partial charge on any atom is -0.443 e. The zero-order valence-corrected chi connectivity index (χ0v) is 20.3. The van der Waals surface area contributed by atoms with Gasteiger partial charge in [0.15, 0.2) is 5.16 Å². The molecule has 1 aliphatic rings. The van der Waals surface area contributed by atoms with Gasteiger partial charge in [-0.3, -0.25) is 9.59 Å². The molecule has 4 rings (SSSR count). The number of fused-ring (bicyclic) bond motifs is 1. The van der Waals surface area contributed by atoms with Gasteiger partial charge >= 0.3 is 0 Å². The van der Waals surface area contributed by atoms with E-state index in [1.165, 1.54) is 0 Å². The van der Waals surface area contributed by atoms with Gasteiger partial charge in [0.05, 0.1) is 16.7 Å². The fourth-order valence-corrected chi connectivity index (χ4v) is 4.87. The van der Waals surface area contributed by atoms with E-state index in [4.69, 9.17) is 4.42 Å². The minimum atomic E-state index is -0.807. The Bertz CT molecular complexity index is 1260. The third-order valence-corrected chi connectivity index (χ3v) is 7.17. The van der Waals surface area contributed by atoms with E-state index in [2.05, 4.69) is 26.7 Å². The Morgan fingerprint density at radius 2 is 1.85 bits per heavy atom. The van der Waals surface area contributed by atoms with E-state index in [0.29, 0.717) is 46.2 Å². The van der Waals surface area contributed by atoms with Crippen LogP contribution >= 0.6 is 11.8 Å². The quantitative estimate of drug-likeness (QED) is 0.382. The fraction of sp³-hybridized carbons (Fsp3) is 0.400. The van der Waals surface area contributed by atoms with Gasteiger partial charge in [-0.05, 0) is 45.7 Å². The Morgan fingerprint density at radius 1 is 1.15 bits per heavy atom. The molecule has 0 saturated heterocycles. The van der Waals surface area contributed by atoms with Crippen molar-refractivity contribution in [2.75, 3.05) is 5.32 Å². The average Bonchev–Trinajstić information content (AvgIpc) is 3.13. The molecule has 1 saturated carbocycles. The Hall–Kier alpha value is -3.38. The summed E-state index contributed by atoms with van der Waals surface area (Å²) in [7, 11) is 0. The number of amides is 2. The van der Waals surface area contributed by atoms with Crippen molar-refractivity contribution in [3.8, 4) is 6.07 Å². The second-order valence-electron chi connectivity index (χ2n) is 8.64. The first-order valence-corrected chi connectivity index (χ1v) is 12.2. The monoisotopic (exact) mass is 477 g/mol. The van der Waals surface area contributed by atoms with Crippen LogP contribution in [0, 0.1) is 25.2 Å². The summed E-state index contributed by atoms with van der Waals surface area (Å²) in [6.07, 6.45) is 4.26. The SMILES string of the molecule is Cc1oc2nc(SC(C)C(=O)NC3(C#N)CCCCC3)nc(NC(=O)c3ccccc3)c2c1C. The van der Waals surface area contributed by atoms with Gasteiger partial charge in [-0.25, -0.2) is 4.98 Å².